The van der Waals surface area contributed by atoms with E-state index in [-0.39, 0.29) is 6.10 Å². The molecule has 1 unspecified atom stereocenters. The van der Waals surface area contributed by atoms with Gasteiger partial charge < -0.3 is 15.0 Å². The molecule has 134 valence electrons. The highest BCUT2D eigenvalue weighted by atomic mass is 32.1. The molecule has 3 rings (SSSR count). The van der Waals surface area contributed by atoms with Crippen LogP contribution in [0.1, 0.15) is 32.8 Å². The first-order chi connectivity index (χ1) is 12.1. The number of morpholine rings is 1. The summed E-state index contributed by atoms with van der Waals surface area (Å²) < 4.78 is 6.02. The number of nitrogens with one attached hydrogen (secondary N) is 1. The van der Waals surface area contributed by atoms with E-state index in [2.05, 4.69) is 65.2 Å². The molecule has 1 saturated heterocycles. The first-order valence-electron chi connectivity index (χ1n) is 8.64. The maximum absolute atomic E-state index is 6.02. The minimum Gasteiger partial charge on any atom is -0.370 e. The van der Waals surface area contributed by atoms with Gasteiger partial charge in [0.25, 0.3) is 0 Å². The van der Waals surface area contributed by atoms with E-state index in [9.17, 15) is 0 Å². The molecule has 0 saturated carbocycles. The van der Waals surface area contributed by atoms with Gasteiger partial charge in [-0.3, -0.25) is 4.99 Å². The number of aromatic nitrogens is 1. The minimum atomic E-state index is 0.0813. The average molecular weight is 359 g/mol. The molecule has 5 nitrogen and oxygen atoms in total. The summed E-state index contributed by atoms with van der Waals surface area (Å²) in [6, 6.07) is 8.43. The van der Waals surface area contributed by atoms with Crippen LogP contribution in [0.3, 0.4) is 0 Å². The first-order valence-corrected chi connectivity index (χ1v) is 9.45. The second-order valence-electron chi connectivity index (χ2n) is 6.31. The molecule has 6 heteroatoms. The molecule has 0 radical (unpaired) electrons. The summed E-state index contributed by atoms with van der Waals surface area (Å²) in [5.74, 6) is 0.910. The van der Waals surface area contributed by atoms with Crippen molar-refractivity contribution in [3.05, 3.63) is 51.0 Å². The Labute approximate surface area is 153 Å². The molecule has 1 aromatic carbocycles. The van der Waals surface area contributed by atoms with Crippen LogP contribution in [0.2, 0.25) is 0 Å². The molecule has 2 aromatic rings. The van der Waals surface area contributed by atoms with E-state index in [1.54, 1.807) is 11.3 Å². The predicted molar refractivity (Wildman–Crippen MR) is 103 cm³/mol. The summed E-state index contributed by atoms with van der Waals surface area (Å²) in [7, 11) is 1.83. The van der Waals surface area contributed by atoms with Gasteiger partial charge in [0, 0.05) is 18.5 Å². The second-order valence-corrected chi connectivity index (χ2v) is 7.60. The van der Waals surface area contributed by atoms with Crippen molar-refractivity contribution in [2.75, 3.05) is 26.7 Å². The normalized spacial score (nSPS) is 18.5. The number of hydrogen-bond donors (Lipinski definition) is 1. The van der Waals surface area contributed by atoms with Gasteiger partial charge >= 0.3 is 0 Å². The third-order valence-electron chi connectivity index (χ3n) is 4.58. The van der Waals surface area contributed by atoms with Crippen molar-refractivity contribution >= 4 is 17.3 Å². The lowest BCUT2D eigenvalue weighted by atomic mass is 10.0. The van der Waals surface area contributed by atoms with Gasteiger partial charge in [0.1, 0.15) is 11.1 Å². The molecule has 0 amide bonds. The lowest BCUT2D eigenvalue weighted by Crippen LogP contribution is -2.48. The summed E-state index contributed by atoms with van der Waals surface area (Å²) >= 11 is 1.74. The van der Waals surface area contributed by atoms with Crippen LogP contribution in [-0.4, -0.2) is 42.6 Å². The molecular formula is C19H26N4OS. The highest BCUT2D eigenvalue weighted by molar-refractivity contribution is 7.11. The van der Waals surface area contributed by atoms with Gasteiger partial charge in [0.15, 0.2) is 5.96 Å². The number of nitrogens with zero attached hydrogens (tertiary/aromatic N) is 3. The zero-order chi connectivity index (χ0) is 17.8. The smallest absolute Gasteiger partial charge is 0.194 e. The monoisotopic (exact) mass is 358 g/mol. The Morgan fingerprint density at radius 1 is 1.36 bits per heavy atom. The van der Waals surface area contributed by atoms with Gasteiger partial charge in [0.2, 0.25) is 0 Å². The quantitative estimate of drug-likeness (QED) is 0.676. The molecule has 0 spiro atoms. The number of ether oxygens (including phenoxy) is 1. The Morgan fingerprint density at radius 3 is 2.84 bits per heavy atom. The van der Waals surface area contributed by atoms with Crippen LogP contribution in [-0.2, 0) is 11.3 Å². The van der Waals surface area contributed by atoms with Crippen molar-refractivity contribution in [2.45, 2.75) is 33.4 Å². The van der Waals surface area contributed by atoms with Gasteiger partial charge in [-0.2, -0.15) is 0 Å². The third-order valence-corrected chi connectivity index (χ3v) is 5.66. The maximum Gasteiger partial charge on any atom is 0.194 e. The van der Waals surface area contributed by atoms with Gasteiger partial charge in [0.05, 0.1) is 25.4 Å². The van der Waals surface area contributed by atoms with E-state index < -0.39 is 0 Å². The molecular weight excluding hydrogens is 332 g/mol. The number of thiazole rings is 1. The predicted octanol–water partition coefficient (Wildman–Crippen LogP) is 3.22. The van der Waals surface area contributed by atoms with Crippen molar-refractivity contribution in [1.82, 2.24) is 15.2 Å². The second kappa shape index (κ2) is 7.97. The lowest BCUT2D eigenvalue weighted by molar-refractivity contribution is -0.00833. The Kier molecular flexibility index (Phi) is 5.71. The molecule has 1 aliphatic rings. The number of benzene rings is 1. The van der Waals surface area contributed by atoms with Crippen molar-refractivity contribution < 1.29 is 4.74 Å². The largest absolute Gasteiger partial charge is 0.370 e. The summed E-state index contributed by atoms with van der Waals surface area (Å²) in [4.78, 5) is 12.6. The SMILES string of the molecule is CN=C(NCc1nc(C)c(C)s1)N1CCOC(c2ccccc2C)C1. The number of aryl methyl sites for hydroxylation is 3. The number of aliphatic imine (C=N–C) groups is 1. The fraction of sp³-hybridized carbons (Fsp3) is 0.474. The average Bonchev–Trinajstić information content (AvgIpc) is 2.94. The van der Waals surface area contributed by atoms with E-state index in [4.69, 9.17) is 4.74 Å². The molecule has 1 aliphatic heterocycles. The van der Waals surface area contributed by atoms with Crippen molar-refractivity contribution in [1.29, 1.82) is 0 Å². The lowest BCUT2D eigenvalue weighted by Gasteiger charge is -2.35. The van der Waals surface area contributed by atoms with E-state index >= 15 is 0 Å². The molecule has 25 heavy (non-hydrogen) atoms. The number of guanidine groups is 1. The molecule has 0 bridgehead atoms. The molecule has 1 N–H and O–H groups in total. The van der Waals surface area contributed by atoms with Crippen LogP contribution in [0, 0.1) is 20.8 Å². The van der Waals surface area contributed by atoms with Crippen molar-refractivity contribution in [2.24, 2.45) is 4.99 Å². The number of hydrogen-bond acceptors (Lipinski definition) is 4. The highest BCUT2D eigenvalue weighted by Crippen LogP contribution is 2.25. The molecule has 1 atom stereocenters. The van der Waals surface area contributed by atoms with E-state index in [0.717, 1.165) is 29.8 Å². The Morgan fingerprint density at radius 2 is 2.16 bits per heavy atom. The summed E-state index contributed by atoms with van der Waals surface area (Å²) in [6.45, 7) is 9.36. The van der Waals surface area contributed by atoms with Crippen LogP contribution < -0.4 is 5.32 Å². The Hall–Kier alpha value is -1.92. The van der Waals surface area contributed by atoms with E-state index in [1.165, 1.54) is 16.0 Å². The van der Waals surface area contributed by atoms with Crippen LogP contribution >= 0.6 is 11.3 Å². The van der Waals surface area contributed by atoms with Crippen molar-refractivity contribution in [3.8, 4) is 0 Å². The summed E-state index contributed by atoms with van der Waals surface area (Å²) in [5, 5.41) is 4.55. The van der Waals surface area contributed by atoms with Gasteiger partial charge in [-0.25, -0.2) is 4.98 Å². The fourth-order valence-corrected chi connectivity index (χ4v) is 3.95. The minimum absolute atomic E-state index is 0.0813. The fourth-order valence-electron chi connectivity index (χ4n) is 3.08. The highest BCUT2D eigenvalue weighted by Gasteiger charge is 2.25. The molecule has 2 heterocycles. The van der Waals surface area contributed by atoms with Crippen LogP contribution in [0.4, 0.5) is 0 Å². The summed E-state index contributed by atoms with van der Waals surface area (Å²) in [5.41, 5.74) is 3.64. The van der Waals surface area contributed by atoms with Gasteiger partial charge in [-0.05, 0) is 31.9 Å². The van der Waals surface area contributed by atoms with Crippen LogP contribution in [0.25, 0.3) is 0 Å². The van der Waals surface area contributed by atoms with E-state index in [0.29, 0.717) is 13.2 Å². The summed E-state index contributed by atoms with van der Waals surface area (Å²) in [6.07, 6.45) is 0.0813. The molecule has 1 aromatic heterocycles. The number of rotatable bonds is 3. The van der Waals surface area contributed by atoms with Crippen LogP contribution in [0.5, 0.6) is 0 Å². The topological polar surface area (TPSA) is 49.8 Å². The van der Waals surface area contributed by atoms with Crippen molar-refractivity contribution in [3.63, 3.8) is 0 Å². The first kappa shape index (κ1) is 17.9. The zero-order valence-corrected chi connectivity index (χ0v) is 16.2. The third kappa shape index (κ3) is 4.19. The molecule has 0 aliphatic carbocycles. The van der Waals surface area contributed by atoms with Gasteiger partial charge in [-0.1, -0.05) is 24.3 Å². The Balaban J connectivity index is 1.65. The zero-order valence-electron chi connectivity index (χ0n) is 15.4. The van der Waals surface area contributed by atoms with Gasteiger partial charge in [-0.15, -0.1) is 11.3 Å². The molecule has 1 fully saturated rings. The van der Waals surface area contributed by atoms with Crippen LogP contribution in [0.15, 0.2) is 29.3 Å². The van der Waals surface area contributed by atoms with E-state index in [1.807, 2.05) is 7.05 Å². The maximum atomic E-state index is 6.02. The Bertz CT molecular complexity index is 736. The standard InChI is InChI=1S/C19H26N4OS/c1-13-7-5-6-8-16(13)17-12-23(9-10-24-17)19(20-4)21-11-18-22-14(2)15(3)25-18/h5-8,17H,9-12H2,1-4H3,(H,20,21).